The van der Waals surface area contributed by atoms with Gasteiger partial charge in [-0.2, -0.15) is 0 Å². The van der Waals surface area contributed by atoms with Gasteiger partial charge in [0.15, 0.2) is 0 Å². The molecule has 0 radical (unpaired) electrons. The molecule has 2 aromatic rings. The fraction of sp³-hybridized carbons (Fsp3) is 0.484. The third-order valence-corrected chi connectivity index (χ3v) is 7.06. The maximum Gasteiger partial charge on any atom is 0.305 e. The smallest absolute Gasteiger partial charge is 0.305 e. The first-order valence-electron chi connectivity index (χ1n) is 13.5. The number of hydrogen-bond acceptors (Lipinski definition) is 6. The number of carbonyl (C=O) groups excluding carboxylic acids is 2. The van der Waals surface area contributed by atoms with Crippen LogP contribution in [0.4, 0.5) is 0 Å². The normalized spacial score (nSPS) is 16.8. The van der Waals surface area contributed by atoms with Crippen molar-refractivity contribution in [1.82, 2.24) is 4.90 Å². The first kappa shape index (κ1) is 29.6. The summed E-state index contributed by atoms with van der Waals surface area (Å²) in [6.07, 6.45) is 8.16. The molecule has 2 aromatic carbocycles. The summed E-state index contributed by atoms with van der Waals surface area (Å²) in [7, 11) is 3.21. The molecule has 1 amide bonds. The maximum absolute atomic E-state index is 12.5. The molecule has 1 fully saturated rings. The molecule has 0 spiro atoms. The summed E-state index contributed by atoms with van der Waals surface area (Å²) in [5.74, 6) is -1.09. The van der Waals surface area contributed by atoms with E-state index < -0.39 is 11.9 Å². The van der Waals surface area contributed by atoms with Gasteiger partial charge in [0.05, 0.1) is 18.8 Å². The molecular formula is C31H41NO6. The summed E-state index contributed by atoms with van der Waals surface area (Å²) in [6, 6.07) is 17.2. The van der Waals surface area contributed by atoms with Crippen LogP contribution in [0.3, 0.4) is 0 Å². The van der Waals surface area contributed by atoms with Gasteiger partial charge in [-0.05, 0) is 37.8 Å². The fourth-order valence-corrected chi connectivity index (χ4v) is 5.04. The summed E-state index contributed by atoms with van der Waals surface area (Å²) in [5, 5.41) is 11.0. The molecule has 38 heavy (non-hydrogen) atoms. The van der Waals surface area contributed by atoms with Crippen molar-refractivity contribution in [2.75, 3.05) is 27.4 Å². The number of likely N-dealkylation sites (tertiary alicyclic amines) is 1. The zero-order valence-corrected chi connectivity index (χ0v) is 22.8. The lowest BCUT2D eigenvalue weighted by molar-refractivity contribution is -0.183. The lowest BCUT2D eigenvalue weighted by Crippen LogP contribution is -2.32. The highest BCUT2D eigenvalue weighted by atomic mass is 16.7. The van der Waals surface area contributed by atoms with Crippen molar-refractivity contribution in [3.8, 4) is 0 Å². The van der Waals surface area contributed by atoms with Crippen molar-refractivity contribution in [2.24, 2.45) is 0 Å². The van der Waals surface area contributed by atoms with Crippen molar-refractivity contribution in [3.05, 3.63) is 83.4 Å². The van der Waals surface area contributed by atoms with Gasteiger partial charge in [0.1, 0.15) is 0 Å². The van der Waals surface area contributed by atoms with Gasteiger partial charge in [0.25, 0.3) is 0 Å². The molecule has 7 heteroatoms. The van der Waals surface area contributed by atoms with E-state index in [0.29, 0.717) is 31.6 Å². The monoisotopic (exact) mass is 523 g/mol. The van der Waals surface area contributed by atoms with Gasteiger partial charge >= 0.3 is 5.97 Å². The summed E-state index contributed by atoms with van der Waals surface area (Å²) in [5.41, 5.74) is 2.35. The molecule has 1 aliphatic heterocycles. The number of aliphatic hydroxyl groups is 1. The van der Waals surface area contributed by atoms with Crippen LogP contribution in [0.15, 0.2) is 66.7 Å². The van der Waals surface area contributed by atoms with Crippen molar-refractivity contribution >= 4 is 11.9 Å². The van der Waals surface area contributed by atoms with Crippen LogP contribution in [0.5, 0.6) is 0 Å². The van der Waals surface area contributed by atoms with E-state index in [0.717, 1.165) is 43.2 Å². The molecule has 0 bridgehead atoms. The molecule has 1 saturated heterocycles. The topological polar surface area (TPSA) is 85.3 Å². The number of benzene rings is 2. The average Bonchev–Trinajstić information content (AvgIpc) is 3.30. The Morgan fingerprint density at radius 3 is 2.47 bits per heavy atom. The Kier molecular flexibility index (Phi) is 11.5. The van der Waals surface area contributed by atoms with Gasteiger partial charge < -0.3 is 24.2 Å². The minimum Gasteiger partial charge on any atom is -0.466 e. The second-order valence-corrected chi connectivity index (χ2v) is 9.51. The van der Waals surface area contributed by atoms with E-state index in [1.54, 1.807) is 20.3 Å². The van der Waals surface area contributed by atoms with E-state index in [4.69, 9.17) is 14.2 Å². The Balaban J connectivity index is 1.60. The summed E-state index contributed by atoms with van der Waals surface area (Å²) in [4.78, 5) is 25.8. The van der Waals surface area contributed by atoms with Gasteiger partial charge in [-0.1, -0.05) is 73.5 Å². The number of rotatable bonds is 15. The van der Waals surface area contributed by atoms with E-state index in [9.17, 15) is 14.7 Å². The van der Waals surface area contributed by atoms with E-state index in [1.807, 2.05) is 72.5 Å². The zero-order valence-electron chi connectivity index (χ0n) is 22.8. The SMILES string of the molecule is CCOC(=O)CCCCCCN1C(=O)CCC1C=CC(O)c1cccc(C(OC)(OC)c2ccccc2)c1. The van der Waals surface area contributed by atoms with Crippen LogP contribution in [0, 0.1) is 0 Å². The third kappa shape index (κ3) is 7.53. The molecule has 0 aromatic heterocycles. The Bertz CT molecular complexity index is 1050. The quantitative estimate of drug-likeness (QED) is 0.148. The number of amides is 1. The molecule has 1 aliphatic rings. The van der Waals surface area contributed by atoms with Gasteiger partial charge in [0.2, 0.25) is 11.7 Å². The Hall–Kier alpha value is -3.00. The minimum atomic E-state index is -1.09. The Morgan fingerprint density at radius 1 is 1.05 bits per heavy atom. The van der Waals surface area contributed by atoms with Crippen LogP contribution in [-0.2, 0) is 29.6 Å². The maximum atomic E-state index is 12.5. The number of methoxy groups -OCH3 is 2. The Morgan fingerprint density at radius 2 is 1.76 bits per heavy atom. The molecule has 0 saturated carbocycles. The first-order valence-corrected chi connectivity index (χ1v) is 13.5. The fourth-order valence-electron chi connectivity index (χ4n) is 5.04. The second kappa shape index (κ2) is 14.8. The zero-order chi connectivity index (χ0) is 27.4. The van der Waals surface area contributed by atoms with E-state index >= 15 is 0 Å². The highest BCUT2D eigenvalue weighted by Crippen LogP contribution is 2.35. The van der Waals surface area contributed by atoms with E-state index in [1.165, 1.54) is 0 Å². The van der Waals surface area contributed by atoms with Crippen LogP contribution in [0.2, 0.25) is 0 Å². The molecule has 1 N–H and O–H groups in total. The van der Waals surface area contributed by atoms with Crippen LogP contribution >= 0.6 is 0 Å². The largest absolute Gasteiger partial charge is 0.466 e. The molecule has 3 rings (SSSR count). The molecule has 2 atom stereocenters. The number of ether oxygens (including phenoxy) is 3. The standard InChI is InChI=1S/C31H41NO6/c1-4-38-30(35)17-10-5-6-11-22-32-27(19-21-29(32)34)18-20-28(33)24-13-12-16-26(23-24)31(36-2,37-3)25-14-8-7-9-15-25/h7-9,12-16,18,20,23,27-28,33H,4-6,10-11,17,19,21-22H2,1-3H3. The predicted molar refractivity (Wildman–Crippen MR) is 146 cm³/mol. The van der Waals surface area contributed by atoms with Gasteiger partial charge in [0, 0.05) is 44.7 Å². The number of nitrogens with zero attached hydrogens (tertiary/aromatic N) is 1. The summed E-state index contributed by atoms with van der Waals surface area (Å²) < 4.78 is 16.7. The second-order valence-electron chi connectivity index (χ2n) is 9.51. The summed E-state index contributed by atoms with van der Waals surface area (Å²) >= 11 is 0. The van der Waals surface area contributed by atoms with Crippen LogP contribution in [0.25, 0.3) is 0 Å². The van der Waals surface area contributed by atoms with E-state index in [-0.39, 0.29) is 17.9 Å². The van der Waals surface area contributed by atoms with Crippen molar-refractivity contribution in [1.29, 1.82) is 0 Å². The lowest BCUT2D eigenvalue weighted by atomic mass is 9.94. The average molecular weight is 524 g/mol. The number of carbonyl (C=O) groups is 2. The highest BCUT2D eigenvalue weighted by Gasteiger charge is 2.35. The molecule has 0 aliphatic carbocycles. The first-order chi connectivity index (χ1) is 18.4. The highest BCUT2D eigenvalue weighted by molar-refractivity contribution is 5.79. The lowest BCUT2D eigenvalue weighted by Gasteiger charge is -2.32. The van der Waals surface area contributed by atoms with Crippen molar-refractivity contribution in [3.63, 3.8) is 0 Å². The minimum absolute atomic E-state index is 0.0266. The van der Waals surface area contributed by atoms with Gasteiger partial charge in [-0.25, -0.2) is 0 Å². The van der Waals surface area contributed by atoms with Crippen LogP contribution < -0.4 is 0 Å². The molecular weight excluding hydrogens is 482 g/mol. The number of aliphatic hydroxyl groups excluding tert-OH is 1. The summed E-state index contributed by atoms with van der Waals surface area (Å²) in [6.45, 7) is 2.91. The van der Waals surface area contributed by atoms with E-state index in [2.05, 4.69) is 0 Å². The van der Waals surface area contributed by atoms with Crippen molar-refractivity contribution < 1.29 is 28.9 Å². The van der Waals surface area contributed by atoms with Crippen LogP contribution in [-0.4, -0.2) is 55.3 Å². The predicted octanol–water partition coefficient (Wildman–Crippen LogP) is 5.27. The number of esters is 1. The Labute approximate surface area is 226 Å². The van der Waals surface area contributed by atoms with Crippen molar-refractivity contribution in [2.45, 2.75) is 69.8 Å². The molecule has 2 unspecified atom stereocenters. The molecule has 7 nitrogen and oxygen atoms in total. The molecule has 206 valence electrons. The third-order valence-electron chi connectivity index (χ3n) is 7.06. The molecule has 1 heterocycles. The van der Waals surface area contributed by atoms with Gasteiger partial charge in [-0.15, -0.1) is 0 Å². The number of unbranched alkanes of at least 4 members (excludes halogenated alkanes) is 3. The number of hydrogen-bond donors (Lipinski definition) is 1. The van der Waals surface area contributed by atoms with Crippen LogP contribution in [0.1, 0.15) is 74.7 Å². The van der Waals surface area contributed by atoms with Gasteiger partial charge in [-0.3, -0.25) is 9.59 Å².